The van der Waals surface area contributed by atoms with Gasteiger partial charge < -0.3 is 4.74 Å². The molecule has 0 fully saturated rings. The molecule has 0 saturated heterocycles. The van der Waals surface area contributed by atoms with Gasteiger partial charge in [0.1, 0.15) is 17.8 Å². The molecular weight excluding hydrogens is 248 g/mol. The number of carbonyl (C=O) groups excluding carboxylic acids is 1. The van der Waals surface area contributed by atoms with Gasteiger partial charge in [-0.05, 0) is 36.3 Å². The number of carbonyl (C=O) groups is 1. The molecule has 0 N–H and O–H groups in total. The van der Waals surface area contributed by atoms with Crippen LogP contribution in [0.4, 0.5) is 0 Å². The first kappa shape index (κ1) is 11.5. The van der Waals surface area contributed by atoms with Crippen LogP contribution in [0.1, 0.15) is 24.8 Å². The van der Waals surface area contributed by atoms with Crippen LogP contribution in [0.25, 0.3) is 16.8 Å². The van der Waals surface area contributed by atoms with Gasteiger partial charge in [0, 0.05) is 16.5 Å². The van der Waals surface area contributed by atoms with Gasteiger partial charge in [0.2, 0.25) is 0 Å². The fraction of sp³-hybridized carbons (Fsp3) is 0.167. The zero-order valence-electron chi connectivity index (χ0n) is 11.1. The Morgan fingerprint density at radius 3 is 2.85 bits per heavy atom. The molecule has 0 atom stereocenters. The lowest BCUT2D eigenvalue weighted by molar-refractivity contribution is -0.105. The molecular formula is C18H14O2. The largest absolute Gasteiger partial charge is 0.455 e. The number of hydrogen-bond acceptors (Lipinski definition) is 2. The van der Waals surface area contributed by atoms with Crippen LogP contribution in [-0.4, -0.2) is 6.29 Å². The van der Waals surface area contributed by atoms with E-state index >= 15 is 0 Å². The molecule has 0 bridgehead atoms. The molecule has 0 aromatic heterocycles. The van der Waals surface area contributed by atoms with E-state index in [0.29, 0.717) is 0 Å². The van der Waals surface area contributed by atoms with E-state index in [0.717, 1.165) is 64.5 Å². The highest BCUT2D eigenvalue weighted by molar-refractivity contribution is 5.93. The highest BCUT2D eigenvalue weighted by Gasteiger charge is 2.25. The SMILES string of the molecule is O=CC1=C2Oc3c(ccc4ccccc34)C=C2CCC1. The normalized spacial score (nSPS) is 17.1. The molecule has 2 aromatic rings. The standard InChI is InChI=1S/C18H14O2/c19-11-15-6-3-5-13-10-14-9-8-12-4-1-2-7-16(12)18(14)20-17(13)15/h1-2,4,7-11H,3,5-6H2. The number of aldehydes is 1. The van der Waals surface area contributed by atoms with Gasteiger partial charge >= 0.3 is 0 Å². The molecule has 0 unspecified atom stereocenters. The van der Waals surface area contributed by atoms with Gasteiger partial charge in [-0.2, -0.15) is 0 Å². The Kier molecular flexibility index (Phi) is 2.49. The Morgan fingerprint density at radius 2 is 1.95 bits per heavy atom. The summed E-state index contributed by atoms with van der Waals surface area (Å²) >= 11 is 0. The predicted molar refractivity (Wildman–Crippen MR) is 79.5 cm³/mol. The molecule has 1 heterocycles. The van der Waals surface area contributed by atoms with Crippen molar-refractivity contribution >= 4 is 23.1 Å². The van der Waals surface area contributed by atoms with Crippen molar-refractivity contribution in [2.24, 2.45) is 0 Å². The Morgan fingerprint density at radius 1 is 1.05 bits per heavy atom. The molecule has 2 aromatic carbocycles. The zero-order chi connectivity index (χ0) is 13.5. The summed E-state index contributed by atoms with van der Waals surface area (Å²) in [4.78, 5) is 11.2. The van der Waals surface area contributed by atoms with Crippen LogP contribution in [0, 0.1) is 0 Å². The van der Waals surface area contributed by atoms with Crippen molar-refractivity contribution in [1.29, 1.82) is 0 Å². The molecule has 4 rings (SSSR count). The molecule has 1 aliphatic heterocycles. The van der Waals surface area contributed by atoms with Gasteiger partial charge in [0.05, 0.1) is 0 Å². The Bertz CT molecular complexity index is 781. The lowest BCUT2D eigenvalue weighted by atomic mass is 9.90. The molecule has 2 heteroatoms. The van der Waals surface area contributed by atoms with Crippen molar-refractivity contribution in [1.82, 2.24) is 0 Å². The second kappa shape index (κ2) is 4.34. The highest BCUT2D eigenvalue weighted by Crippen LogP contribution is 2.41. The van der Waals surface area contributed by atoms with Crippen LogP contribution in [0.15, 0.2) is 53.3 Å². The monoisotopic (exact) mass is 262 g/mol. The second-order valence-corrected chi connectivity index (χ2v) is 5.30. The van der Waals surface area contributed by atoms with Crippen molar-refractivity contribution in [3.8, 4) is 5.75 Å². The number of ether oxygens (including phenoxy) is 1. The molecule has 0 saturated carbocycles. The predicted octanol–water partition coefficient (Wildman–Crippen LogP) is 4.25. The minimum Gasteiger partial charge on any atom is -0.455 e. The van der Waals surface area contributed by atoms with Crippen molar-refractivity contribution in [3.63, 3.8) is 0 Å². The Labute approximate surface area is 117 Å². The number of rotatable bonds is 1. The maximum Gasteiger partial charge on any atom is 0.149 e. The smallest absolute Gasteiger partial charge is 0.149 e. The van der Waals surface area contributed by atoms with Crippen LogP contribution >= 0.6 is 0 Å². The molecule has 0 amide bonds. The summed E-state index contributed by atoms with van der Waals surface area (Å²) < 4.78 is 6.13. The average molecular weight is 262 g/mol. The van der Waals surface area contributed by atoms with E-state index in [-0.39, 0.29) is 0 Å². The van der Waals surface area contributed by atoms with E-state index in [1.165, 1.54) is 0 Å². The first-order chi connectivity index (χ1) is 9.86. The summed E-state index contributed by atoms with van der Waals surface area (Å²) in [5, 5.41) is 2.26. The molecule has 2 aliphatic rings. The van der Waals surface area contributed by atoms with Gasteiger partial charge in [-0.25, -0.2) is 0 Å². The quantitative estimate of drug-likeness (QED) is 0.718. The summed E-state index contributed by atoms with van der Waals surface area (Å²) in [6.07, 6.45) is 5.94. The van der Waals surface area contributed by atoms with E-state index in [1.807, 2.05) is 12.1 Å². The molecule has 0 spiro atoms. The van der Waals surface area contributed by atoms with Crippen LogP contribution in [-0.2, 0) is 4.79 Å². The van der Waals surface area contributed by atoms with E-state index in [1.54, 1.807) is 0 Å². The molecule has 20 heavy (non-hydrogen) atoms. The maximum atomic E-state index is 11.2. The lowest BCUT2D eigenvalue weighted by Gasteiger charge is -2.26. The van der Waals surface area contributed by atoms with Crippen LogP contribution < -0.4 is 4.74 Å². The van der Waals surface area contributed by atoms with Crippen LogP contribution in [0.5, 0.6) is 5.75 Å². The van der Waals surface area contributed by atoms with E-state index in [4.69, 9.17) is 4.74 Å². The lowest BCUT2D eigenvalue weighted by Crippen LogP contribution is -2.13. The van der Waals surface area contributed by atoms with Crippen LogP contribution in [0.3, 0.4) is 0 Å². The summed E-state index contributed by atoms with van der Waals surface area (Å²) in [7, 11) is 0. The Balaban J connectivity index is 1.99. The first-order valence-electron chi connectivity index (χ1n) is 6.96. The third-order valence-electron chi connectivity index (χ3n) is 4.06. The Hall–Kier alpha value is -2.35. The van der Waals surface area contributed by atoms with Crippen molar-refractivity contribution in [2.45, 2.75) is 19.3 Å². The summed E-state index contributed by atoms with van der Waals surface area (Å²) in [6.45, 7) is 0. The third-order valence-corrected chi connectivity index (χ3v) is 4.06. The molecule has 1 aliphatic carbocycles. The van der Waals surface area contributed by atoms with Gasteiger partial charge in [-0.1, -0.05) is 36.4 Å². The topological polar surface area (TPSA) is 26.3 Å². The second-order valence-electron chi connectivity index (χ2n) is 5.30. The minimum atomic E-state index is 0.787. The number of benzene rings is 2. The number of fused-ring (bicyclic) bond motifs is 4. The van der Waals surface area contributed by atoms with E-state index in [9.17, 15) is 4.79 Å². The zero-order valence-corrected chi connectivity index (χ0v) is 11.1. The van der Waals surface area contributed by atoms with Gasteiger partial charge in [-0.15, -0.1) is 0 Å². The van der Waals surface area contributed by atoms with Gasteiger partial charge in [-0.3, -0.25) is 4.79 Å². The molecule has 2 nitrogen and oxygen atoms in total. The molecule has 98 valence electrons. The van der Waals surface area contributed by atoms with Crippen LogP contribution in [0.2, 0.25) is 0 Å². The van der Waals surface area contributed by atoms with Gasteiger partial charge in [0.25, 0.3) is 0 Å². The van der Waals surface area contributed by atoms with Gasteiger partial charge in [0.15, 0.2) is 0 Å². The highest BCUT2D eigenvalue weighted by atomic mass is 16.5. The van der Waals surface area contributed by atoms with E-state index in [2.05, 4.69) is 30.3 Å². The summed E-state index contributed by atoms with van der Waals surface area (Å²) in [5.74, 6) is 1.67. The fourth-order valence-electron chi connectivity index (χ4n) is 3.06. The number of allylic oxidation sites excluding steroid dienone is 2. The summed E-state index contributed by atoms with van der Waals surface area (Å²) in [5.41, 5.74) is 3.05. The van der Waals surface area contributed by atoms with Crippen molar-refractivity contribution in [3.05, 3.63) is 58.9 Å². The molecule has 0 radical (unpaired) electrons. The van der Waals surface area contributed by atoms with Crippen molar-refractivity contribution < 1.29 is 9.53 Å². The average Bonchev–Trinajstić information content (AvgIpc) is 2.52. The van der Waals surface area contributed by atoms with Crippen molar-refractivity contribution in [2.75, 3.05) is 0 Å². The first-order valence-corrected chi connectivity index (χ1v) is 6.96. The minimum absolute atomic E-state index is 0.787. The number of hydrogen-bond donors (Lipinski definition) is 0. The van der Waals surface area contributed by atoms with E-state index < -0.39 is 0 Å². The summed E-state index contributed by atoms with van der Waals surface area (Å²) in [6, 6.07) is 12.4. The fourth-order valence-corrected chi connectivity index (χ4v) is 3.06. The third kappa shape index (κ3) is 1.61. The maximum absolute atomic E-state index is 11.2.